The van der Waals surface area contributed by atoms with Crippen LogP contribution < -0.4 is 4.74 Å². The number of aliphatic hydroxyl groups excluding tert-OH is 1. The van der Waals surface area contributed by atoms with E-state index in [9.17, 15) is 5.11 Å². The van der Waals surface area contributed by atoms with Crippen molar-refractivity contribution >= 4 is 11.8 Å². The summed E-state index contributed by atoms with van der Waals surface area (Å²) in [5.74, 6) is 7.24. The zero-order chi connectivity index (χ0) is 21.6. The lowest BCUT2D eigenvalue weighted by molar-refractivity contribution is 0.253. The third-order valence-corrected chi connectivity index (χ3v) is 6.44. The van der Waals surface area contributed by atoms with Gasteiger partial charge in [0, 0.05) is 17.0 Å². The van der Waals surface area contributed by atoms with Gasteiger partial charge in [-0.25, -0.2) is 0 Å². The van der Waals surface area contributed by atoms with Gasteiger partial charge >= 0.3 is 0 Å². The monoisotopic (exact) mass is 434 g/mol. The predicted octanol–water partition coefficient (Wildman–Crippen LogP) is 4.32. The van der Waals surface area contributed by atoms with Crippen molar-refractivity contribution in [2.24, 2.45) is 0 Å². The van der Waals surface area contributed by atoms with Crippen molar-refractivity contribution in [2.45, 2.75) is 62.6 Å². The first kappa shape index (κ1) is 21.4. The van der Waals surface area contributed by atoms with E-state index in [1.165, 1.54) is 25.7 Å². The summed E-state index contributed by atoms with van der Waals surface area (Å²) in [5, 5.41) is 19.7. The van der Waals surface area contributed by atoms with Crippen LogP contribution in [0.3, 0.4) is 0 Å². The van der Waals surface area contributed by atoms with Gasteiger partial charge in [-0.1, -0.05) is 36.4 Å². The minimum Gasteiger partial charge on any atom is -0.486 e. The number of benzene rings is 1. The van der Waals surface area contributed by atoms with Gasteiger partial charge in [0.15, 0.2) is 11.0 Å². The summed E-state index contributed by atoms with van der Waals surface area (Å²) < 4.78 is 8.10. The first-order valence-corrected chi connectivity index (χ1v) is 11.4. The molecule has 1 aliphatic rings. The number of aryl methyl sites for hydroxylation is 1. The number of ether oxygens (including phenoxy) is 1. The number of hydrogen-bond acceptors (Lipinski definition) is 6. The van der Waals surface area contributed by atoms with Crippen LogP contribution in [0.4, 0.5) is 0 Å². The van der Waals surface area contributed by atoms with Gasteiger partial charge in [0.05, 0.1) is 11.9 Å². The second kappa shape index (κ2) is 9.99. The molecule has 31 heavy (non-hydrogen) atoms. The Morgan fingerprint density at radius 3 is 2.81 bits per heavy atom. The minimum absolute atomic E-state index is 0.297. The van der Waals surface area contributed by atoms with Crippen LogP contribution in [-0.2, 0) is 6.61 Å². The van der Waals surface area contributed by atoms with E-state index in [-0.39, 0.29) is 0 Å². The average molecular weight is 435 g/mol. The van der Waals surface area contributed by atoms with E-state index in [1.54, 1.807) is 24.9 Å². The summed E-state index contributed by atoms with van der Waals surface area (Å²) in [4.78, 5) is 4.27. The van der Waals surface area contributed by atoms with E-state index in [2.05, 4.69) is 27.0 Å². The number of hydrogen-bond donors (Lipinski definition) is 1. The summed E-state index contributed by atoms with van der Waals surface area (Å²) in [6.45, 7) is 3.93. The van der Waals surface area contributed by atoms with Crippen LogP contribution in [0.25, 0.3) is 5.69 Å². The molecule has 2 aromatic heterocycles. The highest BCUT2D eigenvalue weighted by Crippen LogP contribution is 2.35. The van der Waals surface area contributed by atoms with Gasteiger partial charge in [0.25, 0.3) is 0 Å². The molecule has 6 nitrogen and oxygen atoms in total. The van der Waals surface area contributed by atoms with Crippen molar-refractivity contribution in [1.29, 1.82) is 0 Å². The van der Waals surface area contributed by atoms with E-state index < -0.39 is 6.10 Å². The molecular formula is C24H26N4O2S. The molecule has 0 aliphatic heterocycles. The molecule has 4 rings (SSSR count). The highest BCUT2D eigenvalue weighted by Gasteiger charge is 2.22. The van der Waals surface area contributed by atoms with E-state index in [0.29, 0.717) is 11.9 Å². The van der Waals surface area contributed by atoms with Crippen LogP contribution in [0.15, 0.2) is 47.9 Å². The molecule has 0 radical (unpaired) electrons. The molecule has 1 saturated carbocycles. The Balaban J connectivity index is 1.54. The van der Waals surface area contributed by atoms with Gasteiger partial charge in [-0.05, 0) is 62.6 Å². The van der Waals surface area contributed by atoms with Crippen LogP contribution in [0.1, 0.15) is 49.6 Å². The Labute approximate surface area is 187 Å². The molecule has 0 amide bonds. The zero-order valence-corrected chi connectivity index (χ0v) is 18.6. The van der Waals surface area contributed by atoms with Gasteiger partial charge < -0.3 is 9.84 Å². The number of aliphatic hydroxyl groups is 1. The van der Waals surface area contributed by atoms with E-state index in [1.807, 2.05) is 48.0 Å². The van der Waals surface area contributed by atoms with Crippen molar-refractivity contribution in [3.8, 4) is 23.3 Å². The molecule has 1 unspecified atom stereocenters. The molecule has 1 aliphatic carbocycles. The lowest BCUT2D eigenvalue weighted by Crippen LogP contribution is -2.08. The third kappa shape index (κ3) is 5.46. The Hall–Kier alpha value is -2.82. The SMILES string of the molecule is Cc1cc(OCc2nnc(SC3CCCC3)n2-c2cccnc2)ccc1C#CC(C)O. The van der Waals surface area contributed by atoms with Crippen molar-refractivity contribution < 1.29 is 9.84 Å². The molecule has 1 atom stereocenters. The summed E-state index contributed by atoms with van der Waals surface area (Å²) in [6.07, 6.45) is 7.95. The van der Waals surface area contributed by atoms with Crippen molar-refractivity contribution in [3.63, 3.8) is 0 Å². The summed E-state index contributed by atoms with van der Waals surface area (Å²) in [7, 11) is 0. The smallest absolute Gasteiger partial charge is 0.196 e. The molecule has 0 spiro atoms. The van der Waals surface area contributed by atoms with Gasteiger partial charge in [-0.15, -0.1) is 10.2 Å². The fourth-order valence-electron chi connectivity index (χ4n) is 3.57. The number of thioether (sulfide) groups is 1. The van der Waals surface area contributed by atoms with Crippen LogP contribution in [-0.4, -0.2) is 36.2 Å². The van der Waals surface area contributed by atoms with Gasteiger partial charge in [-0.2, -0.15) is 0 Å². The van der Waals surface area contributed by atoms with Crippen molar-refractivity contribution in [1.82, 2.24) is 19.7 Å². The Morgan fingerprint density at radius 1 is 1.26 bits per heavy atom. The van der Waals surface area contributed by atoms with E-state index in [4.69, 9.17) is 4.74 Å². The van der Waals surface area contributed by atoms with Crippen molar-refractivity contribution in [3.05, 3.63) is 59.7 Å². The van der Waals surface area contributed by atoms with Crippen LogP contribution in [0.2, 0.25) is 0 Å². The first-order chi connectivity index (χ1) is 15.1. The fourth-order valence-corrected chi connectivity index (χ4v) is 4.84. The largest absolute Gasteiger partial charge is 0.486 e. The highest BCUT2D eigenvalue weighted by atomic mass is 32.2. The van der Waals surface area contributed by atoms with Gasteiger partial charge in [0.1, 0.15) is 18.5 Å². The maximum absolute atomic E-state index is 9.36. The molecule has 3 aromatic rings. The van der Waals surface area contributed by atoms with Gasteiger partial charge in [0.2, 0.25) is 0 Å². The molecule has 0 bridgehead atoms. The molecule has 1 fully saturated rings. The predicted molar refractivity (Wildman–Crippen MR) is 121 cm³/mol. The highest BCUT2D eigenvalue weighted by molar-refractivity contribution is 7.99. The van der Waals surface area contributed by atoms with E-state index in [0.717, 1.165) is 33.5 Å². The lowest BCUT2D eigenvalue weighted by Gasteiger charge is -2.13. The maximum Gasteiger partial charge on any atom is 0.196 e. The lowest BCUT2D eigenvalue weighted by atomic mass is 10.1. The average Bonchev–Trinajstić information content (AvgIpc) is 3.42. The number of aromatic nitrogens is 4. The topological polar surface area (TPSA) is 73.1 Å². The van der Waals surface area contributed by atoms with Crippen LogP contribution in [0.5, 0.6) is 5.75 Å². The Bertz CT molecular complexity index is 1080. The quantitative estimate of drug-likeness (QED) is 0.583. The second-order valence-electron chi connectivity index (χ2n) is 7.68. The number of pyridine rings is 1. The molecule has 2 heterocycles. The van der Waals surface area contributed by atoms with Crippen LogP contribution >= 0.6 is 11.8 Å². The number of nitrogens with zero attached hydrogens (tertiary/aromatic N) is 4. The summed E-state index contributed by atoms with van der Waals surface area (Å²) in [6, 6.07) is 9.68. The molecular weight excluding hydrogens is 408 g/mol. The fraction of sp³-hybridized carbons (Fsp3) is 0.375. The zero-order valence-electron chi connectivity index (χ0n) is 17.8. The summed E-state index contributed by atoms with van der Waals surface area (Å²) >= 11 is 1.80. The van der Waals surface area contributed by atoms with Crippen LogP contribution in [0, 0.1) is 18.8 Å². The Morgan fingerprint density at radius 2 is 2.10 bits per heavy atom. The minimum atomic E-state index is -0.648. The number of rotatable bonds is 6. The van der Waals surface area contributed by atoms with Crippen molar-refractivity contribution in [2.75, 3.05) is 0 Å². The molecule has 0 saturated heterocycles. The van der Waals surface area contributed by atoms with E-state index >= 15 is 0 Å². The molecule has 1 aromatic carbocycles. The van der Waals surface area contributed by atoms with Gasteiger partial charge in [-0.3, -0.25) is 9.55 Å². The molecule has 1 N–H and O–H groups in total. The molecule has 7 heteroatoms. The maximum atomic E-state index is 9.36. The second-order valence-corrected chi connectivity index (χ2v) is 8.95. The third-order valence-electron chi connectivity index (χ3n) is 5.16. The summed E-state index contributed by atoms with van der Waals surface area (Å²) in [5.41, 5.74) is 2.81. The standard InChI is InChI=1S/C24H26N4O2S/c1-17-14-21(12-11-19(17)10-9-18(2)29)30-16-23-26-27-24(31-22-7-3-4-8-22)28(23)20-6-5-13-25-15-20/h5-6,11-15,18,22,29H,3-4,7-8,16H2,1-2H3. The Kier molecular flexibility index (Phi) is 6.90. The first-order valence-electron chi connectivity index (χ1n) is 10.5. The molecule has 160 valence electrons. The normalized spacial score (nSPS) is 14.8.